The second-order valence-corrected chi connectivity index (χ2v) is 5.95. The lowest BCUT2D eigenvalue weighted by Gasteiger charge is -2.33. The highest BCUT2D eigenvalue weighted by molar-refractivity contribution is 7.78. The summed E-state index contributed by atoms with van der Waals surface area (Å²) in [5.74, 6) is -1.36. The van der Waals surface area contributed by atoms with Crippen molar-refractivity contribution in [2.24, 2.45) is 5.92 Å². The van der Waals surface area contributed by atoms with E-state index in [4.69, 9.17) is 4.55 Å². The lowest BCUT2D eigenvalue weighted by atomic mass is 9.98. The van der Waals surface area contributed by atoms with E-state index in [0.29, 0.717) is 18.1 Å². The molecule has 2 atom stereocenters. The first-order valence-electron chi connectivity index (χ1n) is 5.58. The van der Waals surface area contributed by atoms with Crippen LogP contribution in [0.1, 0.15) is 18.7 Å². The van der Waals surface area contributed by atoms with E-state index in [-0.39, 0.29) is 24.5 Å². The molecule has 1 N–H and O–H groups in total. The molecule has 0 aliphatic carbocycles. The first kappa shape index (κ1) is 14.7. The van der Waals surface area contributed by atoms with Gasteiger partial charge in [-0.2, -0.15) is 17.5 Å². The van der Waals surface area contributed by atoms with E-state index >= 15 is 0 Å². The second kappa shape index (κ2) is 5.71. The van der Waals surface area contributed by atoms with Gasteiger partial charge in [-0.15, -0.1) is 0 Å². The molecule has 1 fully saturated rings. The lowest BCUT2D eigenvalue weighted by Crippen LogP contribution is -2.41. The Bertz CT molecular complexity index is 466. The summed E-state index contributed by atoms with van der Waals surface area (Å²) < 4.78 is 61.2. The number of alkyl halides is 3. The summed E-state index contributed by atoms with van der Waals surface area (Å²) in [5, 5.41) is 0.384. The van der Waals surface area contributed by atoms with Crippen LogP contribution in [0.25, 0.3) is 0 Å². The van der Waals surface area contributed by atoms with Gasteiger partial charge in [0.2, 0.25) is 5.13 Å². The zero-order chi connectivity index (χ0) is 14.0. The standard InChI is InChI=1S/C9H12F3N3O2S2/c10-9(11,12)6-2-1-3-15(4-6)8-13-7(14-18-8)5-19(16)17/h6H,1-5H2,(H,16,17). The highest BCUT2D eigenvalue weighted by Crippen LogP contribution is 2.35. The molecule has 0 saturated carbocycles. The van der Waals surface area contributed by atoms with Crippen molar-refractivity contribution in [2.75, 3.05) is 18.0 Å². The third-order valence-corrected chi connectivity index (χ3v) is 4.18. The number of rotatable bonds is 3. The fourth-order valence-corrected chi connectivity index (χ4v) is 3.11. The molecule has 1 saturated heterocycles. The molecule has 10 heteroatoms. The summed E-state index contributed by atoms with van der Waals surface area (Å²) in [6.45, 7) is 0.379. The number of halogens is 3. The predicted octanol–water partition coefficient (Wildman–Crippen LogP) is 2.04. The maximum Gasteiger partial charge on any atom is 0.393 e. The van der Waals surface area contributed by atoms with Gasteiger partial charge < -0.3 is 9.45 Å². The molecule has 1 aromatic heterocycles. The van der Waals surface area contributed by atoms with Gasteiger partial charge in [0.1, 0.15) is 5.75 Å². The quantitative estimate of drug-likeness (QED) is 0.865. The molecule has 0 bridgehead atoms. The van der Waals surface area contributed by atoms with Crippen LogP contribution < -0.4 is 4.90 Å². The molecule has 0 aromatic carbocycles. The zero-order valence-corrected chi connectivity index (χ0v) is 11.4. The molecule has 2 rings (SSSR count). The van der Waals surface area contributed by atoms with Crippen molar-refractivity contribution in [3.63, 3.8) is 0 Å². The normalized spacial score (nSPS) is 22.5. The first-order valence-corrected chi connectivity index (χ1v) is 7.63. The van der Waals surface area contributed by atoms with Crippen LogP contribution in [0.4, 0.5) is 18.3 Å². The van der Waals surface area contributed by atoms with Gasteiger partial charge in [0, 0.05) is 24.6 Å². The number of anilines is 1. The van der Waals surface area contributed by atoms with Gasteiger partial charge in [-0.05, 0) is 12.8 Å². The van der Waals surface area contributed by atoms with Crippen LogP contribution in [0.15, 0.2) is 0 Å². The van der Waals surface area contributed by atoms with E-state index < -0.39 is 23.2 Å². The molecule has 2 heterocycles. The zero-order valence-electron chi connectivity index (χ0n) is 9.76. The molecular weight excluding hydrogens is 303 g/mol. The van der Waals surface area contributed by atoms with E-state index in [1.54, 1.807) is 4.90 Å². The minimum atomic E-state index is -4.20. The Kier molecular flexibility index (Phi) is 4.41. The summed E-state index contributed by atoms with van der Waals surface area (Å²) in [6.07, 6.45) is -3.61. The SMILES string of the molecule is O=S(O)Cc1nsc(N2CCCC(C(F)(F)F)C2)n1. The Hall–Kier alpha value is -0.740. The third kappa shape index (κ3) is 3.86. The van der Waals surface area contributed by atoms with Crippen LogP contribution in [0.2, 0.25) is 0 Å². The van der Waals surface area contributed by atoms with Crippen LogP contribution in [0.3, 0.4) is 0 Å². The third-order valence-electron chi connectivity index (χ3n) is 2.86. The molecule has 2 unspecified atom stereocenters. The highest BCUT2D eigenvalue weighted by atomic mass is 32.2. The summed E-state index contributed by atoms with van der Waals surface area (Å²) in [5.41, 5.74) is 0. The minimum absolute atomic E-state index is 0.125. The molecule has 1 aliphatic heterocycles. The van der Waals surface area contributed by atoms with Crippen LogP contribution in [0, 0.1) is 5.92 Å². The highest BCUT2D eigenvalue weighted by Gasteiger charge is 2.42. The van der Waals surface area contributed by atoms with E-state index in [0.717, 1.165) is 11.5 Å². The molecular formula is C9H12F3N3O2S2. The van der Waals surface area contributed by atoms with Gasteiger partial charge in [-0.25, -0.2) is 9.19 Å². The molecule has 19 heavy (non-hydrogen) atoms. The van der Waals surface area contributed by atoms with Crippen LogP contribution in [-0.4, -0.2) is 37.4 Å². The molecule has 5 nitrogen and oxygen atoms in total. The predicted molar refractivity (Wildman–Crippen MR) is 65.4 cm³/mol. The van der Waals surface area contributed by atoms with E-state index in [2.05, 4.69) is 9.36 Å². The number of nitrogens with zero attached hydrogens (tertiary/aromatic N) is 3. The Labute approximate surface area is 114 Å². The Balaban J connectivity index is 2.05. The van der Waals surface area contributed by atoms with Crippen molar-refractivity contribution < 1.29 is 21.9 Å². The fraction of sp³-hybridized carbons (Fsp3) is 0.778. The van der Waals surface area contributed by atoms with Gasteiger partial charge in [0.05, 0.1) is 5.92 Å². The Morgan fingerprint density at radius 3 is 2.89 bits per heavy atom. The number of piperidine rings is 1. The van der Waals surface area contributed by atoms with Crippen LogP contribution in [-0.2, 0) is 16.8 Å². The van der Waals surface area contributed by atoms with Crippen molar-refractivity contribution in [2.45, 2.75) is 24.8 Å². The summed E-state index contributed by atoms with van der Waals surface area (Å²) in [4.78, 5) is 5.55. The average Bonchev–Trinajstić information content (AvgIpc) is 2.76. The topological polar surface area (TPSA) is 66.3 Å². The molecule has 0 spiro atoms. The maximum absolute atomic E-state index is 12.7. The van der Waals surface area contributed by atoms with E-state index in [1.165, 1.54) is 0 Å². The fourth-order valence-electron chi connectivity index (χ4n) is 1.96. The van der Waals surface area contributed by atoms with Crippen molar-refractivity contribution >= 4 is 27.7 Å². The summed E-state index contributed by atoms with van der Waals surface area (Å²) >= 11 is -1.08. The van der Waals surface area contributed by atoms with Gasteiger partial charge in [0.25, 0.3) is 0 Å². The van der Waals surface area contributed by atoms with Gasteiger partial charge in [-0.3, -0.25) is 0 Å². The number of aromatic nitrogens is 2. The first-order chi connectivity index (χ1) is 8.86. The smallest absolute Gasteiger partial charge is 0.346 e. The molecule has 1 aromatic rings. The number of hydrogen-bond donors (Lipinski definition) is 1. The largest absolute Gasteiger partial charge is 0.393 e. The van der Waals surface area contributed by atoms with E-state index in [1.807, 2.05) is 0 Å². The number of hydrogen-bond acceptors (Lipinski definition) is 5. The monoisotopic (exact) mass is 315 g/mol. The average molecular weight is 315 g/mol. The molecule has 0 amide bonds. The lowest BCUT2D eigenvalue weighted by molar-refractivity contribution is -0.175. The van der Waals surface area contributed by atoms with Crippen molar-refractivity contribution in [3.8, 4) is 0 Å². The molecule has 1 aliphatic rings. The van der Waals surface area contributed by atoms with Crippen molar-refractivity contribution in [1.82, 2.24) is 9.36 Å². The minimum Gasteiger partial charge on any atom is -0.346 e. The van der Waals surface area contributed by atoms with Crippen LogP contribution in [0.5, 0.6) is 0 Å². The molecule has 108 valence electrons. The molecule has 0 radical (unpaired) electrons. The van der Waals surface area contributed by atoms with Crippen molar-refractivity contribution in [1.29, 1.82) is 0 Å². The Morgan fingerprint density at radius 1 is 1.53 bits per heavy atom. The summed E-state index contributed by atoms with van der Waals surface area (Å²) in [6, 6.07) is 0. The second-order valence-electron chi connectivity index (χ2n) is 4.29. The van der Waals surface area contributed by atoms with Crippen molar-refractivity contribution in [3.05, 3.63) is 5.82 Å². The maximum atomic E-state index is 12.7. The summed E-state index contributed by atoms with van der Waals surface area (Å²) in [7, 11) is 0. The van der Waals surface area contributed by atoms with Gasteiger partial charge in [0.15, 0.2) is 16.9 Å². The van der Waals surface area contributed by atoms with Crippen LogP contribution >= 0.6 is 11.5 Å². The van der Waals surface area contributed by atoms with E-state index in [9.17, 15) is 17.4 Å². The Morgan fingerprint density at radius 2 is 2.26 bits per heavy atom. The van der Waals surface area contributed by atoms with Gasteiger partial charge in [-0.1, -0.05) is 0 Å². The van der Waals surface area contributed by atoms with Gasteiger partial charge >= 0.3 is 6.18 Å².